The van der Waals surface area contributed by atoms with E-state index in [1.165, 1.54) is 5.56 Å². The van der Waals surface area contributed by atoms with Crippen molar-refractivity contribution >= 4 is 6.29 Å². The minimum atomic E-state index is 0.288. The number of aldehydes is 1. The molecule has 16 heavy (non-hydrogen) atoms. The van der Waals surface area contributed by atoms with Gasteiger partial charge in [-0.2, -0.15) is 0 Å². The minimum absolute atomic E-state index is 0.288. The fraction of sp³-hybridized carbons (Fsp3) is 0.231. The maximum Gasteiger partial charge on any atom is 0.170 e. The second-order valence-corrected chi connectivity index (χ2v) is 3.92. The maximum absolute atomic E-state index is 10.5. The summed E-state index contributed by atoms with van der Waals surface area (Å²) in [6.45, 7) is 2.10. The number of benzene rings is 1. The van der Waals surface area contributed by atoms with Crippen molar-refractivity contribution in [2.75, 3.05) is 0 Å². The van der Waals surface area contributed by atoms with Crippen molar-refractivity contribution in [2.24, 2.45) is 0 Å². The number of H-pyrrole nitrogens is 1. The molecule has 3 nitrogen and oxygen atoms in total. The third-order valence-electron chi connectivity index (χ3n) is 2.59. The number of carbonyl (C=O) groups excluding carboxylic acids is 1. The number of imidazole rings is 1. The molecule has 1 atom stereocenters. The average Bonchev–Trinajstić information content (AvgIpc) is 2.79. The van der Waals surface area contributed by atoms with Crippen LogP contribution >= 0.6 is 0 Å². The minimum Gasteiger partial charge on any atom is -0.348 e. The molecule has 0 radical (unpaired) electrons. The molecule has 0 saturated carbocycles. The van der Waals surface area contributed by atoms with E-state index in [4.69, 9.17) is 0 Å². The zero-order valence-electron chi connectivity index (χ0n) is 9.18. The van der Waals surface area contributed by atoms with Crippen LogP contribution in [0.3, 0.4) is 0 Å². The summed E-state index contributed by atoms with van der Waals surface area (Å²) < 4.78 is 0. The van der Waals surface area contributed by atoms with Crippen molar-refractivity contribution in [1.29, 1.82) is 0 Å². The Hall–Kier alpha value is -1.90. The van der Waals surface area contributed by atoms with Crippen LogP contribution in [0.25, 0.3) is 0 Å². The molecule has 0 amide bonds. The third kappa shape index (κ3) is 2.37. The second-order valence-electron chi connectivity index (χ2n) is 3.92. The number of nitrogens with one attached hydrogen (secondary N) is 1. The van der Waals surface area contributed by atoms with Crippen molar-refractivity contribution in [1.82, 2.24) is 9.97 Å². The van der Waals surface area contributed by atoms with Gasteiger partial charge in [0.1, 0.15) is 11.5 Å². The first-order valence-electron chi connectivity index (χ1n) is 5.34. The van der Waals surface area contributed by atoms with Crippen molar-refractivity contribution < 1.29 is 4.79 Å². The Labute approximate surface area is 94.5 Å². The van der Waals surface area contributed by atoms with E-state index in [-0.39, 0.29) is 5.92 Å². The molecule has 82 valence electrons. The highest BCUT2D eigenvalue weighted by Crippen LogP contribution is 2.17. The summed E-state index contributed by atoms with van der Waals surface area (Å²) in [7, 11) is 0. The van der Waals surface area contributed by atoms with Gasteiger partial charge in [-0.1, -0.05) is 37.3 Å². The van der Waals surface area contributed by atoms with Gasteiger partial charge in [-0.25, -0.2) is 4.98 Å². The lowest BCUT2D eigenvalue weighted by atomic mass is 10.0. The van der Waals surface area contributed by atoms with E-state index < -0.39 is 0 Å². The molecule has 1 aromatic carbocycles. The molecule has 1 N–H and O–H groups in total. The number of hydrogen-bond acceptors (Lipinski definition) is 2. The first kappa shape index (κ1) is 10.6. The zero-order valence-corrected chi connectivity index (χ0v) is 9.18. The number of hydrogen-bond donors (Lipinski definition) is 1. The van der Waals surface area contributed by atoms with Crippen LogP contribution in [0.4, 0.5) is 0 Å². The largest absolute Gasteiger partial charge is 0.348 e. The molecular weight excluding hydrogens is 200 g/mol. The van der Waals surface area contributed by atoms with E-state index in [1.807, 2.05) is 18.2 Å². The van der Waals surface area contributed by atoms with Crippen LogP contribution in [0.2, 0.25) is 0 Å². The van der Waals surface area contributed by atoms with Gasteiger partial charge < -0.3 is 4.98 Å². The molecule has 0 spiro atoms. The van der Waals surface area contributed by atoms with Crippen LogP contribution in [-0.4, -0.2) is 16.3 Å². The highest BCUT2D eigenvalue weighted by Gasteiger charge is 2.10. The standard InChI is InChI=1S/C13H14N2O/c1-10(7-11-5-3-2-4-6-11)13-14-8-12(9-16)15-13/h2-6,8-10H,7H2,1H3,(H,14,15). The van der Waals surface area contributed by atoms with E-state index in [1.54, 1.807) is 6.20 Å². The van der Waals surface area contributed by atoms with Crippen molar-refractivity contribution in [3.8, 4) is 0 Å². The van der Waals surface area contributed by atoms with Crippen LogP contribution < -0.4 is 0 Å². The quantitative estimate of drug-likeness (QED) is 0.795. The van der Waals surface area contributed by atoms with Crippen LogP contribution in [0.5, 0.6) is 0 Å². The second kappa shape index (κ2) is 4.75. The SMILES string of the molecule is CC(Cc1ccccc1)c1nc(C=O)c[nH]1. The van der Waals surface area contributed by atoms with Gasteiger partial charge >= 0.3 is 0 Å². The summed E-state index contributed by atoms with van der Waals surface area (Å²) in [6, 6.07) is 10.3. The predicted octanol–water partition coefficient (Wildman–Crippen LogP) is 2.57. The van der Waals surface area contributed by atoms with Gasteiger partial charge in [-0.3, -0.25) is 4.79 Å². The zero-order chi connectivity index (χ0) is 11.4. The molecule has 0 aliphatic rings. The van der Waals surface area contributed by atoms with Crippen molar-refractivity contribution in [2.45, 2.75) is 19.3 Å². The van der Waals surface area contributed by atoms with E-state index in [0.29, 0.717) is 5.69 Å². The summed E-state index contributed by atoms with van der Waals surface area (Å²) >= 11 is 0. The fourth-order valence-electron chi connectivity index (χ4n) is 1.73. The van der Waals surface area contributed by atoms with Gasteiger partial charge in [0, 0.05) is 12.1 Å². The fourth-order valence-corrected chi connectivity index (χ4v) is 1.73. The maximum atomic E-state index is 10.5. The van der Waals surface area contributed by atoms with Gasteiger partial charge in [0.25, 0.3) is 0 Å². The summed E-state index contributed by atoms with van der Waals surface area (Å²) in [5.74, 6) is 1.15. The lowest BCUT2D eigenvalue weighted by Gasteiger charge is -2.07. The molecule has 0 aliphatic carbocycles. The Bertz CT molecular complexity index is 462. The molecular formula is C13H14N2O. The first-order valence-corrected chi connectivity index (χ1v) is 5.34. The molecule has 2 aromatic rings. The molecule has 0 aliphatic heterocycles. The van der Waals surface area contributed by atoms with Gasteiger partial charge in [-0.05, 0) is 12.0 Å². The summed E-state index contributed by atoms with van der Waals surface area (Å²) in [5.41, 5.74) is 1.74. The Morgan fingerprint density at radius 3 is 2.75 bits per heavy atom. The Balaban J connectivity index is 2.08. The Morgan fingerprint density at radius 2 is 2.12 bits per heavy atom. The number of rotatable bonds is 4. The molecule has 1 heterocycles. The van der Waals surface area contributed by atoms with Gasteiger partial charge in [-0.15, -0.1) is 0 Å². The van der Waals surface area contributed by atoms with Crippen LogP contribution in [-0.2, 0) is 6.42 Å². The molecule has 1 aromatic heterocycles. The average molecular weight is 214 g/mol. The van der Waals surface area contributed by atoms with Crippen molar-refractivity contribution in [3.63, 3.8) is 0 Å². The summed E-state index contributed by atoms with van der Waals surface area (Å²) in [4.78, 5) is 17.8. The topological polar surface area (TPSA) is 45.8 Å². The monoisotopic (exact) mass is 214 g/mol. The van der Waals surface area contributed by atoms with Gasteiger partial charge in [0.15, 0.2) is 6.29 Å². The summed E-state index contributed by atoms with van der Waals surface area (Å²) in [5, 5.41) is 0. The van der Waals surface area contributed by atoms with Crippen LogP contribution in [0.1, 0.15) is 34.7 Å². The predicted molar refractivity (Wildman–Crippen MR) is 62.5 cm³/mol. The molecule has 0 saturated heterocycles. The van der Waals surface area contributed by atoms with Crippen LogP contribution in [0, 0.1) is 0 Å². The Morgan fingerprint density at radius 1 is 1.38 bits per heavy atom. The number of aromatic amines is 1. The van der Waals surface area contributed by atoms with E-state index in [0.717, 1.165) is 18.5 Å². The molecule has 0 bridgehead atoms. The molecule has 1 unspecified atom stereocenters. The van der Waals surface area contributed by atoms with Crippen LogP contribution in [0.15, 0.2) is 36.5 Å². The van der Waals surface area contributed by atoms with E-state index >= 15 is 0 Å². The Kier molecular flexibility index (Phi) is 3.15. The first-order chi connectivity index (χ1) is 7.79. The van der Waals surface area contributed by atoms with E-state index in [2.05, 4.69) is 29.0 Å². The molecule has 0 fully saturated rings. The number of aromatic nitrogens is 2. The molecule has 3 heteroatoms. The number of carbonyl (C=O) groups is 1. The smallest absolute Gasteiger partial charge is 0.170 e. The normalized spacial score (nSPS) is 12.3. The summed E-state index contributed by atoms with van der Waals surface area (Å²) in [6.07, 6.45) is 3.33. The third-order valence-corrected chi connectivity index (χ3v) is 2.59. The number of nitrogens with zero attached hydrogens (tertiary/aromatic N) is 1. The van der Waals surface area contributed by atoms with Gasteiger partial charge in [0.05, 0.1) is 0 Å². The highest BCUT2D eigenvalue weighted by molar-refractivity contribution is 5.71. The lowest BCUT2D eigenvalue weighted by molar-refractivity contribution is 0.111. The van der Waals surface area contributed by atoms with Crippen molar-refractivity contribution in [3.05, 3.63) is 53.6 Å². The highest BCUT2D eigenvalue weighted by atomic mass is 16.1. The lowest BCUT2D eigenvalue weighted by Crippen LogP contribution is -2.00. The molecule has 2 rings (SSSR count). The van der Waals surface area contributed by atoms with Gasteiger partial charge in [0.2, 0.25) is 0 Å². The van der Waals surface area contributed by atoms with E-state index in [9.17, 15) is 4.79 Å².